The van der Waals surface area contributed by atoms with E-state index in [9.17, 15) is 4.79 Å². The van der Waals surface area contributed by atoms with Crippen LogP contribution in [0.1, 0.15) is 29.3 Å². The fourth-order valence-electron chi connectivity index (χ4n) is 2.39. The third-order valence-electron chi connectivity index (χ3n) is 3.74. The molecule has 2 rings (SSSR count). The van der Waals surface area contributed by atoms with E-state index in [4.69, 9.17) is 4.74 Å². The summed E-state index contributed by atoms with van der Waals surface area (Å²) in [4.78, 5) is 13.5. The molecular formula is C19H23NO2S. The summed E-state index contributed by atoms with van der Waals surface area (Å²) in [5.74, 6) is 0.527. The number of carbonyl (C=O) groups excluding carboxylic acids is 1. The van der Waals surface area contributed by atoms with Crippen LogP contribution in [0.2, 0.25) is 0 Å². The second-order valence-electron chi connectivity index (χ2n) is 5.46. The van der Waals surface area contributed by atoms with Crippen molar-refractivity contribution >= 4 is 17.7 Å². The van der Waals surface area contributed by atoms with E-state index in [1.165, 1.54) is 5.56 Å². The van der Waals surface area contributed by atoms with Crippen molar-refractivity contribution in [3.05, 3.63) is 59.7 Å². The average molecular weight is 329 g/mol. The number of hydrogen-bond donors (Lipinski definition) is 1. The molecule has 0 heterocycles. The highest BCUT2D eigenvalue weighted by molar-refractivity contribution is 7.98. The third-order valence-corrected chi connectivity index (χ3v) is 4.47. The number of benzene rings is 2. The lowest BCUT2D eigenvalue weighted by molar-refractivity contribution is 0.0935. The maximum Gasteiger partial charge on any atom is 0.255 e. The Kier molecular flexibility index (Phi) is 6.53. The number of ether oxygens (including phenoxy) is 1. The molecule has 3 nitrogen and oxygen atoms in total. The Balaban J connectivity index is 1.95. The molecule has 23 heavy (non-hydrogen) atoms. The van der Waals surface area contributed by atoms with Gasteiger partial charge in [0.2, 0.25) is 0 Å². The Morgan fingerprint density at radius 3 is 2.61 bits per heavy atom. The van der Waals surface area contributed by atoms with Gasteiger partial charge < -0.3 is 10.1 Å². The Bertz CT molecular complexity index is 643. The lowest BCUT2D eigenvalue weighted by Gasteiger charge is -2.16. The average Bonchev–Trinajstić information content (AvgIpc) is 2.60. The summed E-state index contributed by atoms with van der Waals surface area (Å²) in [6.07, 6.45) is 3.85. The fourth-order valence-corrected chi connectivity index (χ4v) is 2.82. The van der Waals surface area contributed by atoms with Gasteiger partial charge in [0, 0.05) is 10.9 Å². The van der Waals surface area contributed by atoms with Gasteiger partial charge in [0.15, 0.2) is 0 Å². The van der Waals surface area contributed by atoms with Crippen molar-refractivity contribution in [3.8, 4) is 5.75 Å². The van der Waals surface area contributed by atoms with E-state index in [-0.39, 0.29) is 11.9 Å². The highest BCUT2D eigenvalue weighted by Crippen LogP contribution is 2.25. The smallest absolute Gasteiger partial charge is 0.255 e. The topological polar surface area (TPSA) is 38.3 Å². The van der Waals surface area contributed by atoms with Crippen LogP contribution in [0, 0.1) is 0 Å². The van der Waals surface area contributed by atoms with Crippen LogP contribution in [0.15, 0.2) is 53.4 Å². The number of thioether (sulfide) groups is 1. The Morgan fingerprint density at radius 1 is 1.22 bits per heavy atom. The molecular weight excluding hydrogens is 306 g/mol. The summed E-state index contributed by atoms with van der Waals surface area (Å²) in [5, 5.41) is 3.05. The summed E-state index contributed by atoms with van der Waals surface area (Å²) in [7, 11) is 1.59. The summed E-state index contributed by atoms with van der Waals surface area (Å²) in [6, 6.07) is 16.1. The van der Waals surface area contributed by atoms with Crippen molar-refractivity contribution in [2.24, 2.45) is 0 Å². The van der Waals surface area contributed by atoms with Gasteiger partial charge in [-0.25, -0.2) is 0 Å². The lowest BCUT2D eigenvalue weighted by Crippen LogP contribution is -2.33. The number of nitrogens with one attached hydrogen (secondary N) is 1. The van der Waals surface area contributed by atoms with Crippen LogP contribution in [0.25, 0.3) is 0 Å². The predicted octanol–water partition coefficient (Wildman–Crippen LogP) is 4.17. The van der Waals surface area contributed by atoms with Crippen LogP contribution in [-0.4, -0.2) is 25.3 Å². The van der Waals surface area contributed by atoms with Gasteiger partial charge in [-0.05, 0) is 49.8 Å². The summed E-state index contributed by atoms with van der Waals surface area (Å²) >= 11 is 1.63. The van der Waals surface area contributed by atoms with Crippen LogP contribution in [0.4, 0.5) is 0 Å². The molecule has 1 atom stereocenters. The van der Waals surface area contributed by atoms with E-state index < -0.39 is 0 Å². The minimum Gasteiger partial charge on any atom is -0.496 e. The number of hydrogen-bond acceptors (Lipinski definition) is 3. The molecule has 0 aromatic heterocycles. The highest BCUT2D eigenvalue weighted by Gasteiger charge is 2.15. The number of aryl methyl sites for hydroxylation is 1. The van der Waals surface area contributed by atoms with Crippen molar-refractivity contribution in [3.63, 3.8) is 0 Å². The molecule has 0 spiro atoms. The number of carbonyl (C=O) groups is 1. The first-order valence-electron chi connectivity index (χ1n) is 7.71. The van der Waals surface area contributed by atoms with Crippen molar-refractivity contribution in [1.29, 1.82) is 0 Å². The molecule has 0 aliphatic carbocycles. The first-order chi connectivity index (χ1) is 11.1. The lowest BCUT2D eigenvalue weighted by atomic mass is 10.1. The second-order valence-corrected chi connectivity index (χ2v) is 6.34. The monoisotopic (exact) mass is 329 g/mol. The van der Waals surface area contributed by atoms with Gasteiger partial charge in [-0.1, -0.05) is 30.3 Å². The molecule has 2 aromatic carbocycles. The number of amides is 1. The Labute approximate surface area is 142 Å². The maximum atomic E-state index is 12.4. The van der Waals surface area contributed by atoms with Gasteiger partial charge in [-0.3, -0.25) is 4.79 Å². The van der Waals surface area contributed by atoms with Crippen LogP contribution in [0.5, 0.6) is 5.75 Å². The van der Waals surface area contributed by atoms with Crippen LogP contribution in [-0.2, 0) is 6.42 Å². The first-order valence-corrected chi connectivity index (χ1v) is 8.93. The largest absolute Gasteiger partial charge is 0.496 e. The zero-order valence-electron chi connectivity index (χ0n) is 13.8. The van der Waals surface area contributed by atoms with Gasteiger partial charge in [-0.15, -0.1) is 11.8 Å². The maximum absolute atomic E-state index is 12.4. The number of rotatable bonds is 7. The number of methoxy groups -OCH3 is 1. The molecule has 0 fully saturated rings. The molecule has 0 saturated carbocycles. The molecule has 1 amide bonds. The molecule has 0 bridgehead atoms. The molecule has 1 N–H and O–H groups in total. The quantitative estimate of drug-likeness (QED) is 0.775. The molecule has 2 aromatic rings. The molecule has 0 radical (unpaired) electrons. The predicted molar refractivity (Wildman–Crippen MR) is 96.5 cm³/mol. The van der Waals surface area contributed by atoms with Crippen molar-refractivity contribution in [2.45, 2.75) is 30.7 Å². The van der Waals surface area contributed by atoms with Crippen molar-refractivity contribution in [1.82, 2.24) is 5.32 Å². The second kappa shape index (κ2) is 8.63. The van der Waals surface area contributed by atoms with E-state index >= 15 is 0 Å². The fraction of sp³-hybridized carbons (Fsp3) is 0.316. The van der Waals surface area contributed by atoms with Crippen LogP contribution < -0.4 is 10.1 Å². The van der Waals surface area contributed by atoms with Gasteiger partial charge in [0.25, 0.3) is 5.91 Å². The minimum atomic E-state index is -0.0879. The summed E-state index contributed by atoms with van der Waals surface area (Å²) < 4.78 is 5.35. The van der Waals surface area contributed by atoms with E-state index in [0.29, 0.717) is 11.3 Å². The summed E-state index contributed by atoms with van der Waals surface area (Å²) in [6.45, 7) is 2.03. The molecule has 0 aliphatic rings. The Morgan fingerprint density at radius 2 is 1.96 bits per heavy atom. The van der Waals surface area contributed by atoms with Crippen LogP contribution in [0.3, 0.4) is 0 Å². The van der Waals surface area contributed by atoms with E-state index in [1.807, 2.05) is 49.6 Å². The van der Waals surface area contributed by atoms with Gasteiger partial charge in [0.1, 0.15) is 5.75 Å². The Hall–Kier alpha value is -1.94. The normalized spacial score (nSPS) is 11.8. The third kappa shape index (κ3) is 5.03. The molecule has 0 aliphatic heterocycles. The zero-order chi connectivity index (χ0) is 16.7. The highest BCUT2D eigenvalue weighted by atomic mass is 32.2. The van der Waals surface area contributed by atoms with E-state index in [0.717, 1.165) is 17.7 Å². The van der Waals surface area contributed by atoms with Crippen LogP contribution >= 0.6 is 11.8 Å². The molecule has 122 valence electrons. The molecule has 0 saturated heterocycles. The molecule has 4 heteroatoms. The van der Waals surface area contributed by atoms with E-state index in [1.54, 1.807) is 18.9 Å². The van der Waals surface area contributed by atoms with Crippen molar-refractivity contribution in [2.75, 3.05) is 13.4 Å². The standard InChI is InChI=1S/C19H23NO2S/c1-14(9-10-15-7-5-4-6-8-15)20-19(21)17-12-11-16(23-3)13-18(17)22-2/h4-8,11-14H,9-10H2,1-3H3,(H,20,21). The van der Waals surface area contributed by atoms with Crippen molar-refractivity contribution < 1.29 is 9.53 Å². The van der Waals surface area contributed by atoms with Gasteiger partial charge >= 0.3 is 0 Å². The molecule has 1 unspecified atom stereocenters. The zero-order valence-corrected chi connectivity index (χ0v) is 14.7. The van der Waals surface area contributed by atoms with Gasteiger partial charge in [0.05, 0.1) is 12.7 Å². The van der Waals surface area contributed by atoms with E-state index in [2.05, 4.69) is 17.4 Å². The summed E-state index contributed by atoms with van der Waals surface area (Å²) in [5.41, 5.74) is 1.87. The first kappa shape index (κ1) is 17.4. The SMILES string of the molecule is COc1cc(SC)ccc1C(=O)NC(C)CCc1ccccc1. The minimum absolute atomic E-state index is 0.0879. The van der Waals surface area contributed by atoms with Gasteiger partial charge in [-0.2, -0.15) is 0 Å².